The largest absolute Gasteiger partial charge is 0.356 e. The number of hydrogen-bond donors (Lipinski definition) is 2. The van der Waals surface area contributed by atoms with Gasteiger partial charge in [-0.05, 0) is 62.8 Å². The molecule has 2 bridgehead atoms. The van der Waals surface area contributed by atoms with Crippen molar-refractivity contribution in [2.45, 2.75) is 70.9 Å². The van der Waals surface area contributed by atoms with E-state index in [2.05, 4.69) is 29.4 Å². The first-order chi connectivity index (χ1) is 11.1. The highest BCUT2D eigenvalue weighted by molar-refractivity contribution is 5.85. The summed E-state index contributed by atoms with van der Waals surface area (Å²) in [7, 11) is 0. The summed E-state index contributed by atoms with van der Waals surface area (Å²) >= 11 is 0. The second-order valence-corrected chi connectivity index (χ2v) is 8.59. The van der Waals surface area contributed by atoms with Gasteiger partial charge in [-0.25, -0.2) is 0 Å². The molecule has 4 unspecified atom stereocenters. The molecular formula is C19H37Cl2N3O. The summed E-state index contributed by atoms with van der Waals surface area (Å²) < 4.78 is 0. The molecule has 3 saturated heterocycles. The quantitative estimate of drug-likeness (QED) is 0.680. The van der Waals surface area contributed by atoms with Crippen molar-refractivity contribution in [1.82, 2.24) is 15.5 Å². The molecule has 3 aliphatic rings. The van der Waals surface area contributed by atoms with Crippen LogP contribution in [0.2, 0.25) is 0 Å². The lowest BCUT2D eigenvalue weighted by Crippen LogP contribution is -2.41. The van der Waals surface area contributed by atoms with Gasteiger partial charge in [-0.3, -0.25) is 4.79 Å². The maximum atomic E-state index is 12.2. The lowest BCUT2D eigenvalue weighted by Gasteiger charge is -2.35. The van der Waals surface area contributed by atoms with Gasteiger partial charge in [0.1, 0.15) is 0 Å². The molecule has 6 heteroatoms. The molecule has 1 amide bonds. The Morgan fingerprint density at radius 3 is 2.24 bits per heavy atom. The fraction of sp³-hybridized carbons (Fsp3) is 0.947. The van der Waals surface area contributed by atoms with Crippen LogP contribution < -0.4 is 10.6 Å². The Morgan fingerprint density at radius 2 is 1.64 bits per heavy atom. The van der Waals surface area contributed by atoms with Crippen LogP contribution in [0.5, 0.6) is 0 Å². The van der Waals surface area contributed by atoms with E-state index in [1.165, 1.54) is 45.2 Å². The first-order valence-electron chi connectivity index (χ1n) is 9.83. The van der Waals surface area contributed by atoms with Crippen molar-refractivity contribution in [1.29, 1.82) is 0 Å². The van der Waals surface area contributed by atoms with E-state index in [0.29, 0.717) is 18.0 Å². The lowest BCUT2D eigenvalue weighted by molar-refractivity contribution is -0.122. The van der Waals surface area contributed by atoms with Crippen LogP contribution in [0.15, 0.2) is 0 Å². The zero-order valence-electron chi connectivity index (χ0n) is 15.8. The number of likely N-dealkylation sites (tertiary alicyclic amines) is 1. The van der Waals surface area contributed by atoms with E-state index in [1.807, 2.05) is 0 Å². The van der Waals surface area contributed by atoms with Gasteiger partial charge >= 0.3 is 0 Å². The molecule has 148 valence electrons. The minimum Gasteiger partial charge on any atom is -0.356 e. The SMILES string of the molecule is CC1CC(C)CN(CCCNC(=O)CC2CC3CCC(C2)N3)C1.Cl.Cl. The summed E-state index contributed by atoms with van der Waals surface area (Å²) in [5.41, 5.74) is 0. The van der Waals surface area contributed by atoms with E-state index in [0.717, 1.165) is 37.8 Å². The van der Waals surface area contributed by atoms with E-state index in [1.54, 1.807) is 0 Å². The third-order valence-electron chi connectivity index (χ3n) is 5.96. The fourth-order valence-electron chi connectivity index (χ4n) is 5.18. The highest BCUT2D eigenvalue weighted by atomic mass is 35.5. The van der Waals surface area contributed by atoms with E-state index in [4.69, 9.17) is 0 Å². The number of rotatable bonds is 6. The van der Waals surface area contributed by atoms with Gasteiger partial charge in [-0.2, -0.15) is 0 Å². The molecule has 0 radical (unpaired) electrons. The first-order valence-corrected chi connectivity index (χ1v) is 9.83. The van der Waals surface area contributed by atoms with E-state index in [9.17, 15) is 4.79 Å². The Kier molecular flexibility index (Phi) is 10.1. The molecule has 3 rings (SSSR count). The molecule has 25 heavy (non-hydrogen) atoms. The molecule has 3 aliphatic heterocycles. The molecule has 4 nitrogen and oxygen atoms in total. The molecule has 0 aliphatic carbocycles. The van der Waals surface area contributed by atoms with E-state index >= 15 is 0 Å². The van der Waals surface area contributed by atoms with Crippen molar-refractivity contribution in [3.05, 3.63) is 0 Å². The third-order valence-corrected chi connectivity index (χ3v) is 5.96. The van der Waals surface area contributed by atoms with Crippen molar-refractivity contribution in [2.24, 2.45) is 17.8 Å². The highest BCUT2D eigenvalue weighted by Gasteiger charge is 2.34. The Bertz CT molecular complexity index is 388. The summed E-state index contributed by atoms with van der Waals surface area (Å²) in [6.07, 6.45) is 8.23. The van der Waals surface area contributed by atoms with Crippen molar-refractivity contribution < 1.29 is 4.79 Å². The normalized spacial score (nSPS) is 34.7. The molecule has 3 fully saturated rings. The molecule has 0 spiro atoms. The van der Waals surface area contributed by atoms with Crippen molar-refractivity contribution >= 4 is 30.7 Å². The number of hydrogen-bond acceptors (Lipinski definition) is 3. The minimum absolute atomic E-state index is 0. The number of nitrogens with one attached hydrogen (secondary N) is 2. The molecule has 0 saturated carbocycles. The van der Waals surface area contributed by atoms with Crippen LogP contribution in [0, 0.1) is 17.8 Å². The number of piperidine rings is 2. The smallest absolute Gasteiger partial charge is 0.220 e. The zero-order valence-corrected chi connectivity index (χ0v) is 17.5. The van der Waals surface area contributed by atoms with E-state index in [-0.39, 0.29) is 30.7 Å². The van der Waals surface area contributed by atoms with Crippen LogP contribution in [-0.2, 0) is 4.79 Å². The maximum Gasteiger partial charge on any atom is 0.220 e. The Morgan fingerprint density at radius 1 is 1.04 bits per heavy atom. The number of carbonyl (C=O) groups is 1. The van der Waals surface area contributed by atoms with Gasteiger partial charge in [0.2, 0.25) is 5.91 Å². The zero-order chi connectivity index (χ0) is 16.2. The molecule has 2 N–H and O–H groups in total. The van der Waals surface area contributed by atoms with Crippen molar-refractivity contribution in [3.63, 3.8) is 0 Å². The van der Waals surface area contributed by atoms with Gasteiger partial charge < -0.3 is 15.5 Å². The summed E-state index contributed by atoms with van der Waals surface area (Å²) in [5, 5.41) is 6.81. The Hall–Kier alpha value is -0.0300. The van der Waals surface area contributed by atoms with Crippen molar-refractivity contribution in [2.75, 3.05) is 26.2 Å². The lowest BCUT2D eigenvalue weighted by atomic mass is 9.89. The topological polar surface area (TPSA) is 44.4 Å². The Balaban J connectivity index is 0.00000156. The summed E-state index contributed by atoms with van der Waals surface area (Å²) in [4.78, 5) is 14.7. The summed E-state index contributed by atoms with van der Waals surface area (Å²) in [6.45, 7) is 9.15. The summed E-state index contributed by atoms with van der Waals surface area (Å²) in [5.74, 6) is 2.53. The van der Waals surface area contributed by atoms with Crippen LogP contribution in [0.1, 0.15) is 58.8 Å². The number of amides is 1. The predicted octanol–water partition coefficient (Wildman–Crippen LogP) is 3.23. The average Bonchev–Trinajstić information content (AvgIpc) is 2.82. The number of carbonyl (C=O) groups excluding carboxylic acids is 1. The average molecular weight is 394 g/mol. The predicted molar refractivity (Wildman–Crippen MR) is 109 cm³/mol. The van der Waals surface area contributed by atoms with E-state index < -0.39 is 0 Å². The molecule has 0 aromatic rings. The number of nitrogens with zero attached hydrogens (tertiary/aromatic N) is 1. The van der Waals surface area contributed by atoms with Gasteiger partial charge in [-0.15, -0.1) is 24.8 Å². The third kappa shape index (κ3) is 7.24. The van der Waals surface area contributed by atoms with Crippen LogP contribution in [0.3, 0.4) is 0 Å². The van der Waals surface area contributed by atoms with Gasteiger partial charge in [0, 0.05) is 38.1 Å². The highest BCUT2D eigenvalue weighted by Crippen LogP contribution is 2.32. The molecule has 4 atom stereocenters. The summed E-state index contributed by atoms with van der Waals surface area (Å²) in [6, 6.07) is 1.38. The standard InChI is InChI=1S/C19H35N3O.2ClH/c1-14-8-15(2)13-22(12-14)7-3-6-20-19(23)11-16-9-17-4-5-18(10-16)21-17;;/h14-18,21H,3-13H2,1-2H3,(H,20,23);2*1H. The molecule has 0 aromatic heterocycles. The van der Waals surface area contributed by atoms with Gasteiger partial charge in [0.05, 0.1) is 0 Å². The molecular weight excluding hydrogens is 357 g/mol. The second kappa shape index (κ2) is 11.0. The number of halogens is 2. The van der Waals surface area contributed by atoms with Gasteiger partial charge in [0.25, 0.3) is 0 Å². The van der Waals surface area contributed by atoms with Gasteiger partial charge in [-0.1, -0.05) is 13.8 Å². The van der Waals surface area contributed by atoms with Crippen LogP contribution in [0.25, 0.3) is 0 Å². The monoisotopic (exact) mass is 393 g/mol. The Labute approximate surface area is 166 Å². The minimum atomic E-state index is 0. The van der Waals surface area contributed by atoms with Crippen LogP contribution in [-0.4, -0.2) is 49.1 Å². The fourth-order valence-corrected chi connectivity index (χ4v) is 5.18. The molecule has 3 heterocycles. The van der Waals surface area contributed by atoms with Gasteiger partial charge in [0.15, 0.2) is 0 Å². The van der Waals surface area contributed by atoms with Crippen LogP contribution in [0.4, 0.5) is 0 Å². The molecule has 0 aromatic carbocycles. The maximum absolute atomic E-state index is 12.2. The number of fused-ring (bicyclic) bond motifs is 2. The second-order valence-electron chi connectivity index (χ2n) is 8.59. The van der Waals surface area contributed by atoms with Crippen molar-refractivity contribution in [3.8, 4) is 0 Å². The van der Waals surface area contributed by atoms with Crippen LogP contribution >= 0.6 is 24.8 Å². The first kappa shape index (κ1) is 23.0.